The van der Waals surface area contributed by atoms with Crippen molar-refractivity contribution in [3.05, 3.63) is 0 Å². The van der Waals surface area contributed by atoms with E-state index in [0.717, 1.165) is 32.3 Å². The van der Waals surface area contributed by atoms with E-state index in [1.54, 1.807) is 0 Å². The fraction of sp³-hybridized carbons (Fsp3) is 0.929. The van der Waals surface area contributed by atoms with E-state index in [4.69, 9.17) is 10.5 Å². The molecule has 5 heteroatoms. The highest BCUT2D eigenvalue weighted by molar-refractivity contribution is 5.75. The number of hydrogen-bond acceptors (Lipinski definition) is 3. The van der Waals surface area contributed by atoms with Crippen molar-refractivity contribution in [2.45, 2.75) is 50.6 Å². The molecule has 0 spiro atoms. The van der Waals surface area contributed by atoms with E-state index < -0.39 is 0 Å². The minimum Gasteiger partial charge on any atom is -0.379 e. The summed E-state index contributed by atoms with van der Waals surface area (Å²) in [5, 5.41) is 3.06. The van der Waals surface area contributed by atoms with Crippen LogP contribution in [0.2, 0.25) is 0 Å². The lowest BCUT2D eigenvalue weighted by Crippen LogP contribution is -2.60. The van der Waals surface area contributed by atoms with Crippen molar-refractivity contribution in [2.75, 3.05) is 26.8 Å². The van der Waals surface area contributed by atoms with Crippen LogP contribution >= 0.6 is 0 Å². The molecule has 0 aromatic heterocycles. The maximum Gasteiger partial charge on any atom is 0.317 e. The summed E-state index contributed by atoms with van der Waals surface area (Å²) in [6.45, 7) is 4.17. The van der Waals surface area contributed by atoms with E-state index >= 15 is 0 Å². The summed E-state index contributed by atoms with van der Waals surface area (Å²) in [6.07, 6.45) is 5.33. The lowest BCUT2D eigenvalue weighted by Gasteiger charge is -2.46. The number of amides is 2. The number of nitrogens with two attached hydrogens (primary N) is 1. The molecule has 0 radical (unpaired) electrons. The van der Waals surface area contributed by atoms with Gasteiger partial charge in [-0.05, 0) is 25.2 Å². The maximum atomic E-state index is 12.4. The summed E-state index contributed by atoms with van der Waals surface area (Å²) >= 11 is 0. The van der Waals surface area contributed by atoms with Crippen LogP contribution in [0.4, 0.5) is 4.79 Å². The van der Waals surface area contributed by atoms with Crippen LogP contribution < -0.4 is 11.1 Å². The third-order valence-electron chi connectivity index (χ3n) is 4.72. The molecule has 2 fully saturated rings. The number of nitrogens with zero attached hydrogens (tertiary/aromatic N) is 1. The highest BCUT2D eigenvalue weighted by Gasteiger charge is 2.40. The lowest BCUT2D eigenvalue weighted by atomic mass is 9.75. The number of carbonyl (C=O) groups excluding carboxylic acids is 1. The van der Waals surface area contributed by atoms with Crippen molar-refractivity contribution in [3.63, 3.8) is 0 Å². The van der Waals surface area contributed by atoms with Crippen molar-refractivity contribution in [1.82, 2.24) is 10.2 Å². The molecule has 2 rings (SSSR count). The van der Waals surface area contributed by atoms with E-state index in [9.17, 15) is 4.79 Å². The molecule has 1 aliphatic heterocycles. The minimum atomic E-state index is -0.165. The Morgan fingerprint density at radius 1 is 1.53 bits per heavy atom. The van der Waals surface area contributed by atoms with Gasteiger partial charge in [0.2, 0.25) is 0 Å². The van der Waals surface area contributed by atoms with E-state index in [1.807, 2.05) is 11.9 Å². The standard InChI is InChI=1S/C14H27N3O2/c1-11-4-3-6-14(8-11,10-15)17(2)13(18)16-12-5-7-19-9-12/h11-12H,3-10,15H2,1-2H3,(H,16,18). The minimum absolute atomic E-state index is 0.00458. The summed E-state index contributed by atoms with van der Waals surface area (Å²) in [5.41, 5.74) is 5.84. The van der Waals surface area contributed by atoms with Crippen molar-refractivity contribution >= 4 is 6.03 Å². The van der Waals surface area contributed by atoms with Gasteiger partial charge < -0.3 is 20.7 Å². The van der Waals surface area contributed by atoms with Gasteiger partial charge in [-0.3, -0.25) is 0 Å². The van der Waals surface area contributed by atoms with Gasteiger partial charge in [-0.2, -0.15) is 0 Å². The average Bonchev–Trinajstić information content (AvgIpc) is 2.90. The lowest BCUT2D eigenvalue weighted by molar-refractivity contribution is 0.0824. The maximum absolute atomic E-state index is 12.4. The van der Waals surface area contributed by atoms with E-state index in [2.05, 4.69) is 12.2 Å². The van der Waals surface area contributed by atoms with Gasteiger partial charge >= 0.3 is 6.03 Å². The second-order valence-electron chi connectivity index (χ2n) is 6.20. The van der Waals surface area contributed by atoms with Gasteiger partial charge in [0.25, 0.3) is 0 Å². The Kier molecular flexibility index (Phi) is 4.68. The van der Waals surface area contributed by atoms with Gasteiger partial charge in [0.15, 0.2) is 0 Å². The molecule has 1 saturated heterocycles. The number of likely N-dealkylation sites (N-methyl/N-ethyl adjacent to an activating group) is 1. The van der Waals surface area contributed by atoms with Crippen molar-refractivity contribution < 1.29 is 9.53 Å². The number of urea groups is 1. The smallest absolute Gasteiger partial charge is 0.317 e. The van der Waals surface area contributed by atoms with Crippen molar-refractivity contribution in [2.24, 2.45) is 11.7 Å². The third kappa shape index (κ3) is 3.20. The number of ether oxygens (including phenoxy) is 1. The molecular weight excluding hydrogens is 242 g/mol. The first-order valence-corrected chi connectivity index (χ1v) is 7.39. The predicted molar refractivity (Wildman–Crippen MR) is 74.9 cm³/mol. The molecule has 2 aliphatic rings. The summed E-state index contributed by atoms with van der Waals surface area (Å²) in [7, 11) is 1.88. The Labute approximate surface area is 115 Å². The monoisotopic (exact) mass is 269 g/mol. The van der Waals surface area contributed by atoms with Crippen molar-refractivity contribution in [3.8, 4) is 0 Å². The SMILES string of the molecule is CC1CCCC(CN)(N(C)C(=O)NC2CCOC2)C1. The normalized spacial score (nSPS) is 35.1. The average molecular weight is 269 g/mol. The molecule has 3 N–H and O–H groups in total. The Hall–Kier alpha value is -0.810. The van der Waals surface area contributed by atoms with E-state index in [0.29, 0.717) is 19.1 Å². The zero-order valence-electron chi connectivity index (χ0n) is 12.2. The van der Waals surface area contributed by atoms with Crippen LogP contribution in [0.3, 0.4) is 0 Å². The van der Waals surface area contributed by atoms with Gasteiger partial charge in [-0.25, -0.2) is 4.79 Å². The molecule has 0 aromatic carbocycles. The van der Waals surface area contributed by atoms with Gasteiger partial charge in [0.05, 0.1) is 18.2 Å². The second kappa shape index (κ2) is 6.09. The molecule has 1 aliphatic carbocycles. The summed E-state index contributed by atoms with van der Waals surface area (Å²) in [5.74, 6) is 0.641. The zero-order valence-corrected chi connectivity index (χ0v) is 12.2. The summed E-state index contributed by atoms with van der Waals surface area (Å²) < 4.78 is 5.29. The number of hydrogen-bond donors (Lipinski definition) is 2. The first-order chi connectivity index (χ1) is 9.07. The van der Waals surface area contributed by atoms with Crippen LogP contribution in [0, 0.1) is 5.92 Å². The number of carbonyl (C=O) groups is 1. The van der Waals surface area contributed by atoms with Gasteiger partial charge in [0, 0.05) is 20.2 Å². The zero-order chi connectivity index (χ0) is 13.9. The summed E-state index contributed by atoms with van der Waals surface area (Å²) in [4.78, 5) is 14.2. The van der Waals surface area contributed by atoms with Crippen molar-refractivity contribution in [1.29, 1.82) is 0 Å². The van der Waals surface area contributed by atoms with E-state index in [1.165, 1.54) is 6.42 Å². The van der Waals surface area contributed by atoms with Gasteiger partial charge in [-0.1, -0.05) is 19.8 Å². The fourth-order valence-electron chi connectivity index (χ4n) is 3.39. The fourth-order valence-corrected chi connectivity index (χ4v) is 3.39. The third-order valence-corrected chi connectivity index (χ3v) is 4.72. The quantitative estimate of drug-likeness (QED) is 0.812. The van der Waals surface area contributed by atoms with Gasteiger partial charge in [-0.15, -0.1) is 0 Å². The first-order valence-electron chi connectivity index (χ1n) is 7.39. The molecule has 2 amide bonds. The molecule has 19 heavy (non-hydrogen) atoms. The highest BCUT2D eigenvalue weighted by atomic mass is 16.5. The van der Waals surface area contributed by atoms with Crippen LogP contribution in [-0.2, 0) is 4.74 Å². The highest BCUT2D eigenvalue weighted by Crippen LogP contribution is 2.35. The molecule has 1 saturated carbocycles. The molecule has 0 aromatic rings. The molecule has 110 valence electrons. The molecule has 0 bridgehead atoms. The molecule has 1 heterocycles. The van der Waals surface area contributed by atoms with Crippen LogP contribution in [0.5, 0.6) is 0 Å². The van der Waals surface area contributed by atoms with Crippen LogP contribution in [-0.4, -0.2) is 49.3 Å². The summed E-state index contributed by atoms with van der Waals surface area (Å²) in [6, 6.07) is 0.154. The van der Waals surface area contributed by atoms with Crippen LogP contribution in [0.15, 0.2) is 0 Å². The van der Waals surface area contributed by atoms with E-state index in [-0.39, 0.29) is 17.6 Å². The Morgan fingerprint density at radius 3 is 2.89 bits per heavy atom. The largest absolute Gasteiger partial charge is 0.379 e. The number of rotatable bonds is 3. The van der Waals surface area contributed by atoms with Crippen LogP contribution in [0.25, 0.3) is 0 Å². The first kappa shape index (κ1) is 14.6. The van der Waals surface area contributed by atoms with Gasteiger partial charge in [0.1, 0.15) is 0 Å². The molecule has 3 unspecified atom stereocenters. The Morgan fingerprint density at radius 2 is 2.32 bits per heavy atom. The molecular formula is C14H27N3O2. The molecule has 3 atom stereocenters. The predicted octanol–water partition coefficient (Wildman–Crippen LogP) is 1.32. The Bertz CT molecular complexity index is 318. The molecule has 5 nitrogen and oxygen atoms in total. The topological polar surface area (TPSA) is 67.6 Å². The van der Waals surface area contributed by atoms with Crippen LogP contribution in [0.1, 0.15) is 39.0 Å². The number of nitrogens with one attached hydrogen (secondary N) is 1. The second-order valence-corrected chi connectivity index (χ2v) is 6.20. The Balaban J connectivity index is 1.98.